The second-order valence-electron chi connectivity index (χ2n) is 4.40. The van der Waals surface area contributed by atoms with Gasteiger partial charge in [-0.2, -0.15) is 5.06 Å². The van der Waals surface area contributed by atoms with E-state index in [2.05, 4.69) is 5.16 Å². The molecule has 1 aromatic rings. The standard InChI is InChI=1S/C14H18N2O3/c1-3-7-13-15-19-11(2)14(17)16(13)18-10-12-8-5-4-6-9-12/h4-6,8-9,11H,3,7,10H2,1-2H3. The average molecular weight is 262 g/mol. The normalized spacial score (nSPS) is 19.1. The van der Waals surface area contributed by atoms with E-state index in [-0.39, 0.29) is 5.91 Å². The predicted octanol–water partition coefficient (Wildman–Crippen LogP) is 2.48. The first-order valence-corrected chi connectivity index (χ1v) is 6.46. The van der Waals surface area contributed by atoms with Crippen molar-refractivity contribution in [1.29, 1.82) is 0 Å². The number of oxime groups is 1. The Kier molecular flexibility index (Phi) is 4.52. The third-order valence-electron chi connectivity index (χ3n) is 2.78. The summed E-state index contributed by atoms with van der Waals surface area (Å²) in [5.41, 5.74) is 1.00. The summed E-state index contributed by atoms with van der Waals surface area (Å²) < 4.78 is 0. The second kappa shape index (κ2) is 6.33. The summed E-state index contributed by atoms with van der Waals surface area (Å²) in [6.07, 6.45) is 0.916. The maximum Gasteiger partial charge on any atom is 0.295 e. The van der Waals surface area contributed by atoms with Crippen LogP contribution in [0, 0.1) is 0 Å². The van der Waals surface area contributed by atoms with Gasteiger partial charge in [-0.25, -0.2) is 0 Å². The molecule has 2 rings (SSSR count). The van der Waals surface area contributed by atoms with E-state index in [1.807, 2.05) is 37.3 Å². The van der Waals surface area contributed by atoms with Gasteiger partial charge in [0.1, 0.15) is 6.61 Å². The zero-order valence-corrected chi connectivity index (χ0v) is 11.2. The molecule has 102 valence electrons. The van der Waals surface area contributed by atoms with Gasteiger partial charge < -0.3 is 4.84 Å². The van der Waals surface area contributed by atoms with Crippen LogP contribution in [-0.4, -0.2) is 22.9 Å². The number of hydroxylamine groups is 2. The van der Waals surface area contributed by atoms with Gasteiger partial charge in [-0.15, -0.1) is 0 Å². The lowest BCUT2D eigenvalue weighted by Gasteiger charge is -2.28. The molecule has 5 nitrogen and oxygen atoms in total. The number of amides is 1. The van der Waals surface area contributed by atoms with E-state index in [0.717, 1.165) is 12.0 Å². The van der Waals surface area contributed by atoms with Crippen molar-refractivity contribution in [3.63, 3.8) is 0 Å². The topological polar surface area (TPSA) is 51.1 Å². The molecule has 1 unspecified atom stereocenters. The van der Waals surface area contributed by atoms with Crippen molar-refractivity contribution < 1.29 is 14.5 Å². The lowest BCUT2D eigenvalue weighted by Crippen LogP contribution is -2.46. The van der Waals surface area contributed by atoms with E-state index in [9.17, 15) is 4.79 Å². The molecule has 0 aromatic heterocycles. The van der Waals surface area contributed by atoms with Gasteiger partial charge >= 0.3 is 0 Å². The molecule has 1 atom stereocenters. The Hall–Kier alpha value is -1.88. The van der Waals surface area contributed by atoms with Gasteiger partial charge in [0.25, 0.3) is 5.91 Å². The smallest absolute Gasteiger partial charge is 0.295 e. The molecule has 5 heteroatoms. The highest BCUT2D eigenvalue weighted by atomic mass is 16.7. The molecule has 0 N–H and O–H groups in total. The van der Waals surface area contributed by atoms with Crippen molar-refractivity contribution in [2.45, 2.75) is 39.4 Å². The van der Waals surface area contributed by atoms with E-state index in [1.54, 1.807) is 6.92 Å². The van der Waals surface area contributed by atoms with Crippen molar-refractivity contribution in [3.05, 3.63) is 35.9 Å². The number of amidine groups is 1. The second-order valence-corrected chi connectivity index (χ2v) is 4.40. The van der Waals surface area contributed by atoms with Gasteiger partial charge in [0, 0.05) is 6.42 Å². The van der Waals surface area contributed by atoms with Gasteiger partial charge in [0.15, 0.2) is 5.84 Å². The molecule has 0 spiro atoms. The number of benzene rings is 1. The van der Waals surface area contributed by atoms with Crippen LogP contribution in [0.1, 0.15) is 32.3 Å². The molecule has 1 heterocycles. The lowest BCUT2D eigenvalue weighted by atomic mass is 10.2. The number of nitrogens with zero attached hydrogens (tertiary/aromatic N) is 2. The van der Waals surface area contributed by atoms with Crippen molar-refractivity contribution in [2.24, 2.45) is 5.16 Å². The van der Waals surface area contributed by atoms with Gasteiger partial charge in [-0.3, -0.25) is 9.63 Å². The molecular weight excluding hydrogens is 244 g/mol. The highest BCUT2D eigenvalue weighted by molar-refractivity contribution is 5.99. The van der Waals surface area contributed by atoms with Crippen LogP contribution in [0.3, 0.4) is 0 Å². The van der Waals surface area contributed by atoms with Gasteiger partial charge in [-0.1, -0.05) is 42.4 Å². The summed E-state index contributed by atoms with van der Waals surface area (Å²) in [5.74, 6) is 0.316. The lowest BCUT2D eigenvalue weighted by molar-refractivity contribution is -0.185. The van der Waals surface area contributed by atoms with Gasteiger partial charge in [-0.05, 0) is 18.9 Å². The Morgan fingerprint density at radius 3 is 2.79 bits per heavy atom. The van der Waals surface area contributed by atoms with Crippen LogP contribution in [0.2, 0.25) is 0 Å². The molecule has 0 saturated carbocycles. The molecule has 0 saturated heterocycles. The van der Waals surface area contributed by atoms with E-state index < -0.39 is 6.10 Å². The quantitative estimate of drug-likeness (QED) is 0.819. The Bertz CT molecular complexity index is 459. The molecular formula is C14H18N2O3. The zero-order chi connectivity index (χ0) is 13.7. The SMILES string of the molecule is CCCC1=NOC(C)C(=O)N1OCc1ccccc1. The maximum atomic E-state index is 12.0. The Balaban J connectivity index is 2.04. The molecule has 1 amide bonds. The van der Waals surface area contributed by atoms with Crippen molar-refractivity contribution in [3.8, 4) is 0 Å². The molecule has 0 radical (unpaired) electrons. The minimum Gasteiger partial charge on any atom is -0.381 e. The van der Waals surface area contributed by atoms with E-state index >= 15 is 0 Å². The fourth-order valence-corrected chi connectivity index (χ4v) is 1.74. The van der Waals surface area contributed by atoms with Crippen LogP contribution in [0.4, 0.5) is 0 Å². The van der Waals surface area contributed by atoms with Gasteiger partial charge in [0.05, 0.1) is 0 Å². The van der Waals surface area contributed by atoms with Crippen molar-refractivity contribution >= 4 is 11.7 Å². The number of rotatable bonds is 5. The molecule has 1 aliphatic heterocycles. The Morgan fingerprint density at radius 1 is 1.37 bits per heavy atom. The fraction of sp³-hybridized carbons (Fsp3) is 0.429. The average Bonchev–Trinajstić information content (AvgIpc) is 2.44. The largest absolute Gasteiger partial charge is 0.381 e. The van der Waals surface area contributed by atoms with E-state index in [0.29, 0.717) is 18.9 Å². The summed E-state index contributed by atoms with van der Waals surface area (Å²) in [6.45, 7) is 4.01. The van der Waals surface area contributed by atoms with Gasteiger partial charge in [0.2, 0.25) is 6.10 Å². The first-order chi connectivity index (χ1) is 9.22. The minimum absolute atomic E-state index is 0.214. The van der Waals surface area contributed by atoms with Crippen molar-refractivity contribution in [1.82, 2.24) is 5.06 Å². The molecule has 0 aliphatic carbocycles. The van der Waals surface area contributed by atoms with Crippen LogP contribution in [0.15, 0.2) is 35.5 Å². The minimum atomic E-state index is -0.601. The predicted molar refractivity (Wildman–Crippen MR) is 71.0 cm³/mol. The molecule has 0 bridgehead atoms. The molecule has 0 fully saturated rings. The van der Waals surface area contributed by atoms with Crippen molar-refractivity contribution in [2.75, 3.05) is 0 Å². The highest BCUT2D eigenvalue weighted by Gasteiger charge is 2.31. The van der Waals surface area contributed by atoms with Crippen LogP contribution in [-0.2, 0) is 21.1 Å². The summed E-state index contributed by atoms with van der Waals surface area (Å²) >= 11 is 0. The molecule has 1 aliphatic rings. The Labute approximate surface area is 112 Å². The zero-order valence-electron chi connectivity index (χ0n) is 11.2. The summed E-state index contributed by atoms with van der Waals surface area (Å²) in [5, 5.41) is 5.21. The third kappa shape index (κ3) is 3.32. The number of hydrogen-bond donors (Lipinski definition) is 0. The van der Waals surface area contributed by atoms with E-state index in [1.165, 1.54) is 5.06 Å². The number of carbonyl (C=O) groups excluding carboxylic acids is 1. The number of hydrogen-bond acceptors (Lipinski definition) is 4. The molecule has 1 aromatic carbocycles. The fourth-order valence-electron chi connectivity index (χ4n) is 1.74. The van der Waals surface area contributed by atoms with E-state index in [4.69, 9.17) is 9.68 Å². The van der Waals surface area contributed by atoms with Crippen LogP contribution in [0.5, 0.6) is 0 Å². The van der Waals surface area contributed by atoms with Crippen LogP contribution < -0.4 is 0 Å². The summed E-state index contributed by atoms with van der Waals surface area (Å²) in [4.78, 5) is 22.7. The first-order valence-electron chi connectivity index (χ1n) is 6.46. The first kappa shape index (κ1) is 13.5. The monoisotopic (exact) mass is 262 g/mol. The summed E-state index contributed by atoms with van der Waals surface area (Å²) in [7, 11) is 0. The van der Waals surface area contributed by atoms with Crippen LogP contribution >= 0.6 is 0 Å². The molecule has 19 heavy (non-hydrogen) atoms. The third-order valence-corrected chi connectivity index (χ3v) is 2.78. The number of carbonyl (C=O) groups is 1. The van der Waals surface area contributed by atoms with Crippen LogP contribution in [0.25, 0.3) is 0 Å². The highest BCUT2D eigenvalue weighted by Crippen LogP contribution is 2.14. The maximum absolute atomic E-state index is 12.0. The summed E-state index contributed by atoms with van der Waals surface area (Å²) in [6, 6.07) is 9.71. The Morgan fingerprint density at radius 2 is 2.11 bits per heavy atom.